The molecule has 2 aromatic rings. The van der Waals surface area contributed by atoms with Crippen LogP contribution in [0.4, 0.5) is 4.39 Å². The Morgan fingerprint density at radius 1 is 1.12 bits per heavy atom. The van der Waals surface area contributed by atoms with Gasteiger partial charge in [-0.1, -0.05) is 47.5 Å². The summed E-state index contributed by atoms with van der Waals surface area (Å²) in [7, 11) is 0. The van der Waals surface area contributed by atoms with E-state index < -0.39 is 17.7 Å². The summed E-state index contributed by atoms with van der Waals surface area (Å²) in [5.74, 6) is -0.734. The number of hydrogen-bond donors (Lipinski definition) is 0. The summed E-state index contributed by atoms with van der Waals surface area (Å²) in [6, 6.07) is 15.8. The van der Waals surface area contributed by atoms with Gasteiger partial charge in [0.2, 0.25) is 0 Å². The van der Waals surface area contributed by atoms with Crippen molar-refractivity contribution in [2.45, 2.75) is 32.5 Å². The molecule has 3 rings (SSSR count). The van der Waals surface area contributed by atoms with E-state index in [1.165, 1.54) is 19.1 Å². The first-order valence-corrected chi connectivity index (χ1v) is 7.76. The summed E-state index contributed by atoms with van der Waals surface area (Å²) in [6.07, 6.45) is -0.514. The SMILES string of the molecule is CC(=O)ON1[C@H](c2ccc(F)cc2)N=C(c2ccccc2)C1(C)C. The molecule has 124 valence electrons. The van der Waals surface area contributed by atoms with E-state index in [0.29, 0.717) is 0 Å². The van der Waals surface area contributed by atoms with Crippen molar-refractivity contribution < 1.29 is 14.0 Å². The lowest BCUT2D eigenvalue weighted by Crippen LogP contribution is -2.47. The Balaban J connectivity index is 2.08. The minimum absolute atomic E-state index is 0.317. The molecule has 0 fully saturated rings. The molecule has 1 aliphatic heterocycles. The summed E-state index contributed by atoms with van der Waals surface area (Å²) in [5, 5.41) is 1.57. The van der Waals surface area contributed by atoms with Crippen LogP contribution >= 0.6 is 0 Å². The summed E-state index contributed by atoms with van der Waals surface area (Å²) in [6.45, 7) is 5.26. The molecule has 0 aromatic heterocycles. The van der Waals surface area contributed by atoms with Crippen molar-refractivity contribution in [3.8, 4) is 0 Å². The first-order valence-electron chi connectivity index (χ1n) is 7.76. The monoisotopic (exact) mass is 326 g/mol. The van der Waals surface area contributed by atoms with Crippen LogP contribution in [0.2, 0.25) is 0 Å². The molecule has 0 unspecified atom stereocenters. The second-order valence-electron chi connectivity index (χ2n) is 6.24. The van der Waals surface area contributed by atoms with Gasteiger partial charge in [-0.3, -0.25) is 9.79 Å². The third kappa shape index (κ3) is 2.95. The van der Waals surface area contributed by atoms with Gasteiger partial charge in [-0.2, -0.15) is 0 Å². The van der Waals surface area contributed by atoms with Gasteiger partial charge in [-0.05, 0) is 37.1 Å². The summed E-state index contributed by atoms with van der Waals surface area (Å²) in [4.78, 5) is 21.8. The molecule has 1 heterocycles. The zero-order valence-corrected chi connectivity index (χ0v) is 13.9. The van der Waals surface area contributed by atoms with Gasteiger partial charge < -0.3 is 4.84 Å². The minimum atomic E-state index is -0.619. The highest BCUT2D eigenvalue weighted by atomic mass is 19.1. The van der Waals surface area contributed by atoms with E-state index in [1.54, 1.807) is 17.2 Å². The third-order valence-electron chi connectivity index (χ3n) is 4.05. The van der Waals surface area contributed by atoms with E-state index in [4.69, 9.17) is 9.83 Å². The first kappa shape index (κ1) is 16.3. The van der Waals surface area contributed by atoms with Crippen LogP contribution in [0.25, 0.3) is 0 Å². The molecule has 5 heteroatoms. The van der Waals surface area contributed by atoms with Gasteiger partial charge in [0.05, 0.1) is 11.3 Å². The average molecular weight is 326 g/mol. The number of hydroxylamine groups is 2. The zero-order valence-electron chi connectivity index (χ0n) is 13.9. The maximum absolute atomic E-state index is 13.2. The van der Waals surface area contributed by atoms with Crippen molar-refractivity contribution in [3.63, 3.8) is 0 Å². The maximum Gasteiger partial charge on any atom is 0.322 e. The number of rotatable bonds is 3. The normalized spacial score (nSPS) is 19.8. The Morgan fingerprint density at radius 2 is 1.75 bits per heavy atom. The predicted octanol–water partition coefficient (Wildman–Crippen LogP) is 3.89. The van der Waals surface area contributed by atoms with E-state index in [9.17, 15) is 9.18 Å². The molecule has 0 spiro atoms. The number of carbonyl (C=O) groups excluding carboxylic acids is 1. The quantitative estimate of drug-likeness (QED) is 0.859. The molecule has 0 saturated heterocycles. The number of hydrogen-bond acceptors (Lipinski definition) is 4. The highest BCUT2D eigenvalue weighted by Gasteiger charge is 2.46. The lowest BCUT2D eigenvalue weighted by molar-refractivity contribution is -0.214. The maximum atomic E-state index is 13.2. The topological polar surface area (TPSA) is 41.9 Å². The number of carbonyl (C=O) groups is 1. The molecule has 0 aliphatic carbocycles. The second kappa shape index (κ2) is 6.17. The molecule has 0 amide bonds. The predicted molar refractivity (Wildman–Crippen MR) is 89.8 cm³/mol. The Bertz CT molecular complexity index is 770. The molecular weight excluding hydrogens is 307 g/mol. The molecule has 4 nitrogen and oxygen atoms in total. The van der Waals surface area contributed by atoms with Crippen molar-refractivity contribution in [2.24, 2.45) is 4.99 Å². The first-order chi connectivity index (χ1) is 11.4. The number of aliphatic imine (C=N–C) groups is 1. The molecular formula is C19H19FN2O2. The number of nitrogens with zero attached hydrogens (tertiary/aromatic N) is 2. The van der Waals surface area contributed by atoms with Crippen LogP contribution < -0.4 is 0 Å². The average Bonchev–Trinajstić information content (AvgIpc) is 2.80. The van der Waals surface area contributed by atoms with E-state index in [1.807, 2.05) is 44.2 Å². The van der Waals surface area contributed by atoms with E-state index in [2.05, 4.69) is 0 Å². The minimum Gasteiger partial charge on any atom is -0.365 e. The van der Waals surface area contributed by atoms with Gasteiger partial charge >= 0.3 is 5.97 Å². The Hall–Kier alpha value is -2.53. The summed E-state index contributed by atoms with van der Waals surface area (Å²) < 4.78 is 13.2. The fraction of sp³-hybridized carbons (Fsp3) is 0.263. The molecule has 1 aliphatic rings. The molecule has 0 saturated carbocycles. The summed E-state index contributed by atoms with van der Waals surface area (Å²) in [5.41, 5.74) is 1.92. The van der Waals surface area contributed by atoms with Gasteiger partial charge in [-0.15, -0.1) is 0 Å². The van der Waals surface area contributed by atoms with Crippen LogP contribution in [-0.4, -0.2) is 22.3 Å². The Labute approximate surface area is 140 Å². The van der Waals surface area contributed by atoms with Gasteiger partial charge in [0, 0.05) is 6.92 Å². The molecule has 2 aromatic carbocycles. The molecule has 0 bridgehead atoms. The van der Waals surface area contributed by atoms with Crippen LogP contribution in [0.5, 0.6) is 0 Å². The standard InChI is InChI=1S/C19H19FN2O2/c1-13(23)24-22-18(15-9-11-16(20)12-10-15)21-17(19(22,2)3)14-7-5-4-6-8-14/h4-12,18H,1-3H3/t18-/m1/s1. The third-order valence-corrected chi connectivity index (χ3v) is 4.05. The fourth-order valence-corrected chi connectivity index (χ4v) is 2.91. The van der Waals surface area contributed by atoms with Crippen LogP contribution in [0.1, 0.15) is 38.1 Å². The van der Waals surface area contributed by atoms with Crippen molar-refractivity contribution in [3.05, 3.63) is 71.5 Å². The van der Waals surface area contributed by atoms with Crippen LogP contribution in [0, 0.1) is 5.82 Å². The van der Waals surface area contributed by atoms with Gasteiger partial charge in [-0.25, -0.2) is 4.39 Å². The van der Waals surface area contributed by atoms with Crippen molar-refractivity contribution in [2.75, 3.05) is 0 Å². The van der Waals surface area contributed by atoms with Gasteiger partial charge in [0.1, 0.15) is 5.82 Å². The van der Waals surface area contributed by atoms with Crippen LogP contribution in [0.15, 0.2) is 59.6 Å². The molecule has 0 N–H and O–H groups in total. The lowest BCUT2D eigenvalue weighted by Gasteiger charge is -2.33. The van der Waals surface area contributed by atoms with Gasteiger partial charge in [0.25, 0.3) is 0 Å². The van der Waals surface area contributed by atoms with Gasteiger partial charge in [0.15, 0.2) is 6.17 Å². The second-order valence-corrected chi connectivity index (χ2v) is 6.24. The van der Waals surface area contributed by atoms with E-state index in [-0.39, 0.29) is 5.82 Å². The molecule has 24 heavy (non-hydrogen) atoms. The van der Waals surface area contributed by atoms with Crippen molar-refractivity contribution >= 4 is 11.7 Å². The van der Waals surface area contributed by atoms with E-state index >= 15 is 0 Å². The highest BCUT2D eigenvalue weighted by molar-refractivity contribution is 6.08. The fourth-order valence-electron chi connectivity index (χ4n) is 2.91. The summed E-state index contributed by atoms with van der Waals surface area (Å²) >= 11 is 0. The lowest BCUT2D eigenvalue weighted by atomic mass is 9.93. The van der Waals surface area contributed by atoms with Crippen LogP contribution in [-0.2, 0) is 9.63 Å². The smallest absolute Gasteiger partial charge is 0.322 e. The van der Waals surface area contributed by atoms with E-state index in [0.717, 1.165) is 16.8 Å². The van der Waals surface area contributed by atoms with Crippen LogP contribution in [0.3, 0.4) is 0 Å². The number of halogens is 1. The molecule has 0 radical (unpaired) electrons. The Morgan fingerprint density at radius 3 is 2.33 bits per heavy atom. The Kier molecular flexibility index (Phi) is 4.20. The largest absolute Gasteiger partial charge is 0.365 e. The van der Waals surface area contributed by atoms with Crippen molar-refractivity contribution in [1.29, 1.82) is 0 Å². The number of benzene rings is 2. The zero-order chi connectivity index (χ0) is 17.3. The molecule has 1 atom stereocenters. The highest BCUT2D eigenvalue weighted by Crippen LogP contribution is 2.39. The van der Waals surface area contributed by atoms with Crippen molar-refractivity contribution in [1.82, 2.24) is 5.06 Å².